The van der Waals surface area contributed by atoms with Crippen molar-refractivity contribution < 1.29 is 17.9 Å². The summed E-state index contributed by atoms with van der Waals surface area (Å²) in [5.41, 5.74) is 2.90. The van der Waals surface area contributed by atoms with Crippen molar-refractivity contribution in [2.45, 2.75) is 30.7 Å². The van der Waals surface area contributed by atoms with E-state index in [1.165, 1.54) is 0 Å². The average Bonchev–Trinajstić information content (AvgIpc) is 2.96. The van der Waals surface area contributed by atoms with Crippen LogP contribution in [0.25, 0.3) is 0 Å². The fourth-order valence-electron chi connectivity index (χ4n) is 4.70. The zero-order valence-corrected chi connectivity index (χ0v) is 23.8. The summed E-state index contributed by atoms with van der Waals surface area (Å²) < 4.78 is 35.9. The largest absolute Gasteiger partial charge is 0.495 e. The quantitative estimate of drug-likeness (QED) is 0.315. The van der Waals surface area contributed by atoms with Gasteiger partial charge in [-0.2, -0.15) is 0 Å². The molecule has 3 aromatic carbocycles. The number of halogens is 1. The lowest BCUT2D eigenvalue weighted by atomic mass is 10.1. The van der Waals surface area contributed by atoms with Crippen LogP contribution in [0, 0.1) is 0 Å². The summed E-state index contributed by atoms with van der Waals surface area (Å²) in [7, 11) is -2.28. The van der Waals surface area contributed by atoms with Crippen LogP contribution in [0.3, 0.4) is 0 Å². The lowest BCUT2D eigenvalue weighted by molar-refractivity contribution is -0.116. The fourth-order valence-corrected chi connectivity index (χ4v) is 6.32. The second-order valence-corrected chi connectivity index (χ2v) is 11.5. The normalized spacial score (nSPS) is 14.6. The molecule has 39 heavy (non-hydrogen) atoms. The molecule has 0 saturated carbocycles. The van der Waals surface area contributed by atoms with Crippen LogP contribution in [-0.2, 0) is 14.8 Å². The number of sulfonamides is 1. The molecule has 10 heteroatoms. The predicted octanol–water partition coefficient (Wildman–Crippen LogP) is 5.02. The van der Waals surface area contributed by atoms with Crippen molar-refractivity contribution in [1.29, 1.82) is 0 Å². The van der Waals surface area contributed by atoms with Crippen molar-refractivity contribution in [3.63, 3.8) is 0 Å². The number of benzene rings is 3. The van der Waals surface area contributed by atoms with E-state index in [9.17, 15) is 13.2 Å². The number of piperazine rings is 1. The van der Waals surface area contributed by atoms with Gasteiger partial charge in [0.25, 0.3) is 0 Å². The molecule has 3 aromatic rings. The molecule has 1 aliphatic rings. The molecular weight excluding hydrogens is 536 g/mol. The zero-order chi connectivity index (χ0) is 27.8. The van der Waals surface area contributed by atoms with Crippen molar-refractivity contribution in [2.24, 2.45) is 0 Å². The number of amides is 1. The van der Waals surface area contributed by atoms with E-state index in [1.807, 2.05) is 61.5 Å². The summed E-state index contributed by atoms with van der Waals surface area (Å²) in [5, 5.41) is 2.82. The highest BCUT2D eigenvalue weighted by Crippen LogP contribution is 2.33. The minimum atomic E-state index is -3.94. The Morgan fingerprint density at radius 2 is 1.59 bits per heavy atom. The Morgan fingerprint density at radius 3 is 2.26 bits per heavy atom. The third-order valence-corrected chi connectivity index (χ3v) is 8.59. The molecular formula is C29H35ClN4O4S. The molecule has 8 nitrogen and oxygen atoms in total. The van der Waals surface area contributed by atoms with E-state index in [2.05, 4.69) is 19.8 Å². The van der Waals surface area contributed by atoms with Crippen molar-refractivity contribution in [1.82, 2.24) is 4.72 Å². The van der Waals surface area contributed by atoms with E-state index in [4.69, 9.17) is 16.3 Å². The molecule has 2 N–H and O–H groups in total. The number of nitrogens with one attached hydrogen (secondary N) is 2. The van der Waals surface area contributed by atoms with Crippen LogP contribution in [0.5, 0.6) is 5.75 Å². The Balaban J connectivity index is 1.60. The minimum Gasteiger partial charge on any atom is -0.495 e. The van der Waals surface area contributed by atoms with Crippen LogP contribution in [0.15, 0.2) is 77.7 Å². The smallest absolute Gasteiger partial charge is 0.243 e. The van der Waals surface area contributed by atoms with Crippen molar-refractivity contribution in [2.75, 3.05) is 54.3 Å². The predicted molar refractivity (Wildman–Crippen MR) is 158 cm³/mol. The molecule has 208 valence electrons. The molecule has 1 atom stereocenters. The van der Waals surface area contributed by atoms with Gasteiger partial charge < -0.3 is 19.9 Å². The third kappa shape index (κ3) is 7.23. The van der Waals surface area contributed by atoms with Gasteiger partial charge in [0, 0.05) is 50.2 Å². The van der Waals surface area contributed by atoms with E-state index in [0.717, 1.165) is 17.0 Å². The number of ether oxygens (including phenoxy) is 1. The number of hydrogen-bond donors (Lipinski definition) is 2. The second-order valence-electron chi connectivity index (χ2n) is 9.42. The molecule has 1 amide bonds. The highest BCUT2D eigenvalue weighted by molar-refractivity contribution is 7.89. The van der Waals surface area contributed by atoms with Gasteiger partial charge in [0.15, 0.2) is 0 Å². The summed E-state index contributed by atoms with van der Waals surface area (Å²) in [6.45, 7) is 4.46. The monoisotopic (exact) mass is 570 g/mol. The first-order valence-electron chi connectivity index (χ1n) is 13.0. The van der Waals surface area contributed by atoms with Crippen LogP contribution >= 0.6 is 11.6 Å². The van der Waals surface area contributed by atoms with Crippen LogP contribution in [0.2, 0.25) is 0 Å². The number of hydrogen-bond acceptors (Lipinski definition) is 6. The van der Waals surface area contributed by atoms with Gasteiger partial charge in [-0.05, 0) is 49.2 Å². The van der Waals surface area contributed by atoms with Crippen molar-refractivity contribution in [3.05, 3.63) is 78.4 Å². The number of anilines is 3. The van der Waals surface area contributed by atoms with Crippen LogP contribution in [0.4, 0.5) is 17.1 Å². The van der Waals surface area contributed by atoms with Gasteiger partial charge in [-0.15, -0.1) is 11.6 Å². The molecule has 0 aromatic heterocycles. The lowest BCUT2D eigenvalue weighted by Crippen LogP contribution is -2.47. The zero-order valence-electron chi connectivity index (χ0n) is 22.3. The van der Waals surface area contributed by atoms with Crippen molar-refractivity contribution in [3.8, 4) is 5.75 Å². The maximum Gasteiger partial charge on any atom is 0.243 e. The molecule has 1 aliphatic heterocycles. The van der Waals surface area contributed by atoms with Crippen LogP contribution in [0.1, 0.15) is 31.4 Å². The van der Waals surface area contributed by atoms with Gasteiger partial charge >= 0.3 is 0 Å². The topological polar surface area (TPSA) is 91.0 Å². The maximum absolute atomic E-state index is 13.8. The van der Waals surface area contributed by atoms with Gasteiger partial charge in [-0.3, -0.25) is 4.79 Å². The van der Waals surface area contributed by atoms with E-state index in [0.29, 0.717) is 49.9 Å². The number of para-hydroxylation sites is 2. The average molecular weight is 571 g/mol. The SMILES string of the molecule is COc1ccccc1N1CCN(c2ccc(NC(=O)CCCCl)cc2S(=O)(=O)NC(C)c2ccccc2)CC1. The van der Waals surface area contributed by atoms with E-state index >= 15 is 0 Å². The first-order valence-corrected chi connectivity index (χ1v) is 15.0. The summed E-state index contributed by atoms with van der Waals surface area (Å²) in [5.74, 6) is 0.985. The molecule has 0 bridgehead atoms. The summed E-state index contributed by atoms with van der Waals surface area (Å²) in [6.07, 6.45) is 0.810. The first kappa shape index (κ1) is 28.7. The number of rotatable bonds is 11. The molecule has 1 fully saturated rings. The van der Waals surface area contributed by atoms with E-state index in [1.54, 1.807) is 25.3 Å². The Hall–Kier alpha value is -3.27. The van der Waals surface area contributed by atoms with Gasteiger partial charge in [-0.1, -0.05) is 42.5 Å². The number of methoxy groups -OCH3 is 1. The number of alkyl halides is 1. The number of carbonyl (C=O) groups excluding carboxylic acids is 1. The Kier molecular flexibility index (Phi) is 9.72. The maximum atomic E-state index is 13.8. The number of carbonyl (C=O) groups is 1. The molecule has 0 radical (unpaired) electrons. The van der Waals surface area contributed by atoms with Crippen LogP contribution < -0.4 is 24.6 Å². The summed E-state index contributed by atoms with van der Waals surface area (Å²) in [4.78, 5) is 16.8. The van der Waals surface area contributed by atoms with Gasteiger partial charge in [-0.25, -0.2) is 13.1 Å². The Bertz CT molecular complexity index is 1360. The molecule has 4 rings (SSSR count). The fraction of sp³-hybridized carbons (Fsp3) is 0.345. The molecule has 1 saturated heterocycles. The first-order chi connectivity index (χ1) is 18.8. The molecule has 0 spiro atoms. The summed E-state index contributed by atoms with van der Waals surface area (Å²) in [6, 6.07) is 21.9. The molecule has 0 aliphatic carbocycles. The van der Waals surface area contributed by atoms with Gasteiger partial charge in [0.2, 0.25) is 15.9 Å². The van der Waals surface area contributed by atoms with E-state index < -0.39 is 16.1 Å². The summed E-state index contributed by atoms with van der Waals surface area (Å²) >= 11 is 5.72. The Morgan fingerprint density at radius 1 is 0.949 bits per heavy atom. The molecule has 1 unspecified atom stereocenters. The second kappa shape index (κ2) is 13.2. The lowest BCUT2D eigenvalue weighted by Gasteiger charge is -2.38. The Labute approximate surface area is 236 Å². The van der Waals surface area contributed by atoms with Gasteiger partial charge in [0.05, 0.1) is 18.5 Å². The number of nitrogens with zero attached hydrogens (tertiary/aromatic N) is 2. The van der Waals surface area contributed by atoms with Gasteiger partial charge in [0.1, 0.15) is 10.6 Å². The minimum absolute atomic E-state index is 0.131. The van der Waals surface area contributed by atoms with Crippen molar-refractivity contribution >= 4 is 44.6 Å². The standard InChI is InChI=1S/C29H35ClN4O4S/c1-22(23-9-4-3-5-10-23)32-39(36,37)28-21-24(31-29(35)13-8-16-30)14-15-26(28)34-19-17-33(18-20-34)25-11-6-7-12-27(25)38-2/h3-7,9-12,14-15,21-22,32H,8,13,16-20H2,1-2H3,(H,31,35). The van der Waals surface area contributed by atoms with Crippen LogP contribution in [-0.4, -0.2) is 53.5 Å². The third-order valence-electron chi connectivity index (χ3n) is 6.75. The van der Waals surface area contributed by atoms with E-state index in [-0.39, 0.29) is 17.2 Å². The highest BCUT2D eigenvalue weighted by Gasteiger charge is 2.28. The molecule has 1 heterocycles. The highest BCUT2D eigenvalue weighted by atomic mass is 35.5.